The van der Waals surface area contributed by atoms with E-state index in [1.807, 2.05) is 0 Å². The molecule has 0 aliphatic rings. The number of hydrogen-bond acceptors (Lipinski definition) is 4. The van der Waals surface area contributed by atoms with Gasteiger partial charge in [0.1, 0.15) is 10.3 Å². The van der Waals surface area contributed by atoms with Gasteiger partial charge in [-0.25, -0.2) is 13.4 Å². The van der Waals surface area contributed by atoms with Gasteiger partial charge in [0.05, 0.1) is 7.11 Å². The minimum atomic E-state index is -3.36. The van der Waals surface area contributed by atoms with Crippen molar-refractivity contribution < 1.29 is 13.2 Å². The lowest BCUT2D eigenvalue weighted by molar-refractivity contribution is 0.400. The van der Waals surface area contributed by atoms with Gasteiger partial charge in [0, 0.05) is 6.20 Å². The van der Waals surface area contributed by atoms with E-state index >= 15 is 0 Å². The zero-order chi connectivity index (χ0) is 10.6. The van der Waals surface area contributed by atoms with Crippen LogP contribution in [0.4, 0.5) is 5.69 Å². The molecule has 5 nitrogen and oxygen atoms in total. The van der Waals surface area contributed by atoms with Crippen LogP contribution in [0.3, 0.4) is 0 Å². The molecule has 1 rings (SSSR count). The van der Waals surface area contributed by atoms with Crippen LogP contribution in [0, 0.1) is 0 Å². The Kier molecular flexibility index (Phi) is 3.70. The highest BCUT2D eigenvalue weighted by atomic mass is 79.9. The summed E-state index contributed by atoms with van der Waals surface area (Å²) in [5.74, 6) is 0.247. The number of nitrogens with zero attached hydrogens (tertiary/aromatic N) is 1. The van der Waals surface area contributed by atoms with Crippen molar-refractivity contribution in [1.29, 1.82) is 0 Å². The molecule has 1 aromatic heterocycles. The van der Waals surface area contributed by atoms with Crippen LogP contribution in [0.15, 0.2) is 18.3 Å². The van der Waals surface area contributed by atoms with Crippen LogP contribution in [0.25, 0.3) is 0 Å². The predicted octanol–water partition coefficient (Wildman–Crippen LogP) is 1.18. The Morgan fingerprint density at radius 1 is 1.64 bits per heavy atom. The van der Waals surface area contributed by atoms with Crippen molar-refractivity contribution in [2.24, 2.45) is 0 Å². The standard InChI is InChI=1S/C7H9BrN2O3S/c1-13-7-6(3-2-4-9-7)10-14(11,12)5-8/h2-4,10H,5H2,1H3. The van der Waals surface area contributed by atoms with E-state index < -0.39 is 10.0 Å². The average molecular weight is 281 g/mol. The second-order valence-corrected chi connectivity index (χ2v) is 5.41. The first-order valence-corrected chi connectivity index (χ1v) is 6.42. The molecule has 1 N–H and O–H groups in total. The summed E-state index contributed by atoms with van der Waals surface area (Å²) in [5, 5.41) is 0. The summed E-state index contributed by atoms with van der Waals surface area (Å²) < 4.78 is 29.4. The normalized spacial score (nSPS) is 11.0. The number of nitrogens with one attached hydrogen (secondary N) is 1. The van der Waals surface area contributed by atoms with Crippen LogP contribution in [0.2, 0.25) is 0 Å². The highest BCUT2D eigenvalue weighted by Crippen LogP contribution is 2.21. The first-order chi connectivity index (χ1) is 6.59. The molecule has 1 heterocycles. The first kappa shape index (κ1) is 11.3. The van der Waals surface area contributed by atoms with Gasteiger partial charge in [-0.05, 0) is 12.1 Å². The topological polar surface area (TPSA) is 68.3 Å². The van der Waals surface area contributed by atoms with E-state index in [-0.39, 0.29) is 10.5 Å². The summed E-state index contributed by atoms with van der Waals surface area (Å²) in [6, 6.07) is 3.20. The van der Waals surface area contributed by atoms with Crippen molar-refractivity contribution in [3.05, 3.63) is 18.3 Å². The number of pyridine rings is 1. The van der Waals surface area contributed by atoms with E-state index in [0.29, 0.717) is 5.69 Å². The van der Waals surface area contributed by atoms with Gasteiger partial charge in [-0.3, -0.25) is 4.72 Å². The molecule has 0 atom stereocenters. The van der Waals surface area contributed by atoms with Crippen molar-refractivity contribution in [3.8, 4) is 5.88 Å². The third-order valence-corrected chi connectivity index (χ3v) is 4.00. The maximum Gasteiger partial charge on any atom is 0.242 e. The van der Waals surface area contributed by atoms with Crippen LogP contribution in [-0.4, -0.2) is 25.2 Å². The second-order valence-electron chi connectivity index (χ2n) is 2.39. The minimum absolute atomic E-state index is 0.169. The molecule has 0 unspecified atom stereocenters. The molecule has 1 aromatic rings. The molecular formula is C7H9BrN2O3S. The Bertz CT molecular complexity index is 407. The first-order valence-electron chi connectivity index (χ1n) is 3.64. The third kappa shape index (κ3) is 2.85. The van der Waals surface area contributed by atoms with E-state index in [0.717, 1.165) is 0 Å². The van der Waals surface area contributed by atoms with E-state index in [9.17, 15) is 8.42 Å². The van der Waals surface area contributed by atoms with Gasteiger partial charge < -0.3 is 4.74 Å². The number of methoxy groups -OCH3 is 1. The number of rotatable bonds is 4. The molecule has 0 saturated heterocycles. The van der Waals surface area contributed by atoms with Gasteiger partial charge >= 0.3 is 0 Å². The lowest BCUT2D eigenvalue weighted by Crippen LogP contribution is -2.14. The maximum atomic E-state index is 11.2. The van der Waals surface area contributed by atoms with Crippen LogP contribution in [-0.2, 0) is 10.0 Å². The Balaban J connectivity index is 2.97. The minimum Gasteiger partial charge on any atom is -0.480 e. The molecule has 14 heavy (non-hydrogen) atoms. The Morgan fingerprint density at radius 2 is 2.36 bits per heavy atom. The lowest BCUT2D eigenvalue weighted by Gasteiger charge is -2.08. The Hall–Kier alpha value is -0.820. The van der Waals surface area contributed by atoms with Gasteiger partial charge in [0.2, 0.25) is 15.9 Å². The zero-order valence-electron chi connectivity index (χ0n) is 7.40. The van der Waals surface area contributed by atoms with Gasteiger partial charge in [-0.15, -0.1) is 0 Å². The summed E-state index contributed by atoms with van der Waals surface area (Å²) in [5.41, 5.74) is 0.328. The molecule has 0 spiro atoms. The molecule has 0 fully saturated rings. The number of sulfonamides is 1. The van der Waals surface area contributed by atoms with Crippen LogP contribution in [0.5, 0.6) is 5.88 Å². The van der Waals surface area contributed by atoms with Crippen molar-refractivity contribution in [3.63, 3.8) is 0 Å². The summed E-state index contributed by atoms with van der Waals surface area (Å²) in [4.78, 5) is 3.85. The predicted molar refractivity (Wildman–Crippen MR) is 57.1 cm³/mol. The van der Waals surface area contributed by atoms with Crippen molar-refractivity contribution in [2.75, 3.05) is 16.5 Å². The lowest BCUT2D eigenvalue weighted by atomic mass is 10.4. The smallest absolute Gasteiger partial charge is 0.242 e. The van der Waals surface area contributed by atoms with Crippen LogP contribution in [0.1, 0.15) is 0 Å². The highest BCUT2D eigenvalue weighted by molar-refractivity contribution is 9.10. The fraction of sp³-hybridized carbons (Fsp3) is 0.286. The SMILES string of the molecule is COc1ncccc1NS(=O)(=O)CBr. The number of halogens is 1. The van der Waals surface area contributed by atoms with Crippen LogP contribution < -0.4 is 9.46 Å². The summed E-state index contributed by atoms with van der Waals surface area (Å²) >= 11 is 2.86. The third-order valence-electron chi connectivity index (χ3n) is 1.37. The molecule has 0 amide bonds. The fourth-order valence-corrected chi connectivity index (χ4v) is 1.71. The molecule has 0 aromatic carbocycles. The molecule has 0 aliphatic carbocycles. The summed E-state index contributed by atoms with van der Waals surface area (Å²) in [6.45, 7) is 0. The molecule has 0 aliphatic heterocycles. The Morgan fingerprint density at radius 3 is 2.93 bits per heavy atom. The average Bonchev–Trinajstić information content (AvgIpc) is 2.18. The van der Waals surface area contributed by atoms with E-state index in [2.05, 4.69) is 25.6 Å². The maximum absolute atomic E-state index is 11.2. The molecular weight excluding hydrogens is 272 g/mol. The summed E-state index contributed by atoms with van der Waals surface area (Å²) in [7, 11) is -1.93. The van der Waals surface area contributed by atoms with Crippen LogP contribution >= 0.6 is 15.9 Å². The van der Waals surface area contributed by atoms with E-state index in [1.54, 1.807) is 12.1 Å². The van der Waals surface area contributed by atoms with Gasteiger partial charge in [0.15, 0.2) is 0 Å². The molecule has 0 bridgehead atoms. The number of anilines is 1. The quantitative estimate of drug-likeness (QED) is 0.842. The van der Waals surface area contributed by atoms with Gasteiger partial charge in [-0.2, -0.15) is 0 Å². The van der Waals surface area contributed by atoms with E-state index in [1.165, 1.54) is 13.3 Å². The number of aromatic nitrogens is 1. The second kappa shape index (κ2) is 4.61. The van der Waals surface area contributed by atoms with Gasteiger partial charge in [0.25, 0.3) is 0 Å². The van der Waals surface area contributed by atoms with E-state index in [4.69, 9.17) is 4.74 Å². The monoisotopic (exact) mass is 280 g/mol. The van der Waals surface area contributed by atoms with Crippen molar-refractivity contribution >= 4 is 31.6 Å². The molecule has 78 valence electrons. The number of ether oxygens (including phenoxy) is 1. The summed E-state index contributed by atoms with van der Waals surface area (Å²) in [6.07, 6.45) is 1.52. The highest BCUT2D eigenvalue weighted by Gasteiger charge is 2.11. The molecule has 7 heteroatoms. The van der Waals surface area contributed by atoms with Gasteiger partial charge in [-0.1, -0.05) is 15.9 Å². The van der Waals surface area contributed by atoms with Crippen molar-refractivity contribution in [2.45, 2.75) is 0 Å². The molecule has 0 radical (unpaired) electrons. The largest absolute Gasteiger partial charge is 0.480 e. The zero-order valence-corrected chi connectivity index (χ0v) is 9.80. The fourth-order valence-electron chi connectivity index (χ4n) is 0.826. The Labute approximate surface area is 90.7 Å². The number of alkyl halides is 1. The van der Waals surface area contributed by atoms with Crippen molar-refractivity contribution in [1.82, 2.24) is 4.98 Å². The molecule has 0 saturated carbocycles. The number of hydrogen-bond donors (Lipinski definition) is 1.